The van der Waals surface area contributed by atoms with Crippen LogP contribution in [0, 0.1) is 17.7 Å². The number of alkyl halides is 2. The molecule has 0 radical (unpaired) electrons. The van der Waals surface area contributed by atoms with Gasteiger partial charge >= 0.3 is 0 Å². The highest BCUT2D eigenvalue weighted by Gasteiger charge is 2.59. The fourth-order valence-corrected chi connectivity index (χ4v) is 8.78. The molecule has 3 fully saturated rings. The Balaban J connectivity index is 1.19. The van der Waals surface area contributed by atoms with Crippen LogP contribution in [0.2, 0.25) is 0 Å². The third-order valence-electron chi connectivity index (χ3n) is 8.47. The Morgan fingerprint density at radius 2 is 1.67 bits per heavy atom. The standard InChI is InChI=1S/C25H24F3N5O2S/c26-21-9-16(31-10-17-18(11-31)24(17)32-13-29-30-14-32)8-20-19(21)12-33-23(25(20,27)28)7-6-22(36(33,34)35)15-4-2-1-3-5-15/h1-5,8-9,13-14,17-18,22-24H,6-7,10-12H2/t17-,18+,22-,23-,24+/m1/s1. The van der Waals surface area contributed by atoms with Gasteiger partial charge < -0.3 is 9.47 Å². The number of hydrogen-bond acceptors (Lipinski definition) is 5. The van der Waals surface area contributed by atoms with E-state index in [2.05, 4.69) is 10.2 Å². The summed E-state index contributed by atoms with van der Waals surface area (Å²) in [4.78, 5) is 1.95. The van der Waals surface area contributed by atoms with E-state index in [0.717, 1.165) is 4.31 Å². The molecule has 7 rings (SSSR count). The normalized spacial score (nSPS) is 32.0. The van der Waals surface area contributed by atoms with Crippen molar-refractivity contribution in [1.29, 1.82) is 0 Å². The Morgan fingerprint density at radius 3 is 2.36 bits per heavy atom. The second-order valence-electron chi connectivity index (χ2n) is 10.3. The SMILES string of the molecule is O=S1(=O)[C@@H](c2ccccc2)CC[C@H]2N1Cc1c(F)cc(N3C[C@@H]4[C@H](C3)[C@H]4n3cnnc3)cc1C2(F)F. The van der Waals surface area contributed by atoms with E-state index < -0.39 is 33.1 Å². The van der Waals surface area contributed by atoms with Gasteiger partial charge in [0.15, 0.2) is 0 Å². The maximum absolute atomic E-state index is 15.9. The van der Waals surface area contributed by atoms with Gasteiger partial charge in [0.1, 0.15) is 23.7 Å². The van der Waals surface area contributed by atoms with Gasteiger partial charge in [0.2, 0.25) is 10.0 Å². The van der Waals surface area contributed by atoms with Crippen LogP contribution in [0.4, 0.5) is 18.9 Å². The van der Waals surface area contributed by atoms with Crippen molar-refractivity contribution < 1.29 is 21.6 Å². The van der Waals surface area contributed by atoms with Crippen LogP contribution in [0.25, 0.3) is 0 Å². The molecule has 0 bridgehead atoms. The average molecular weight is 516 g/mol. The van der Waals surface area contributed by atoms with E-state index in [1.165, 1.54) is 12.1 Å². The van der Waals surface area contributed by atoms with Crippen molar-refractivity contribution >= 4 is 15.7 Å². The number of hydrogen-bond donors (Lipinski definition) is 0. The highest BCUT2D eigenvalue weighted by Crippen LogP contribution is 2.57. The molecule has 0 N–H and O–H groups in total. The van der Waals surface area contributed by atoms with Crippen molar-refractivity contribution in [3.8, 4) is 0 Å². The second kappa shape index (κ2) is 7.55. The molecule has 188 valence electrons. The van der Waals surface area contributed by atoms with Gasteiger partial charge in [-0.25, -0.2) is 12.8 Å². The lowest BCUT2D eigenvalue weighted by Gasteiger charge is -2.46. The van der Waals surface area contributed by atoms with Crippen LogP contribution >= 0.6 is 0 Å². The van der Waals surface area contributed by atoms with Gasteiger partial charge in [-0.15, -0.1) is 10.2 Å². The van der Waals surface area contributed by atoms with Gasteiger partial charge in [0, 0.05) is 54.3 Å². The minimum absolute atomic E-state index is 0.00552. The van der Waals surface area contributed by atoms with Crippen LogP contribution in [-0.4, -0.2) is 46.6 Å². The Bertz CT molecular complexity index is 1420. The van der Waals surface area contributed by atoms with Crippen LogP contribution in [0.15, 0.2) is 55.1 Å². The fourth-order valence-electron chi connectivity index (χ4n) is 6.62. The number of nitrogens with zero attached hydrogens (tertiary/aromatic N) is 5. The van der Waals surface area contributed by atoms with Crippen molar-refractivity contribution in [3.63, 3.8) is 0 Å². The first kappa shape index (κ1) is 22.3. The lowest BCUT2D eigenvalue weighted by Crippen LogP contribution is -2.56. The number of piperidine rings is 1. The zero-order chi connectivity index (χ0) is 24.8. The second-order valence-corrected chi connectivity index (χ2v) is 12.4. The first-order valence-electron chi connectivity index (χ1n) is 12.1. The summed E-state index contributed by atoms with van der Waals surface area (Å²) in [7, 11) is -4.10. The number of anilines is 1. The molecule has 5 atom stereocenters. The van der Waals surface area contributed by atoms with Crippen molar-refractivity contribution in [3.05, 3.63) is 77.6 Å². The molecule has 0 amide bonds. The molecule has 36 heavy (non-hydrogen) atoms. The van der Waals surface area contributed by atoms with E-state index in [0.29, 0.717) is 42.2 Å². The Labute approximate surface area is 206 Å². The largest absolute Gasteiger partial charge is 0.371 e. The third kappa shape index (κ3) is 3.11. The molecule has 0 unspecified atom stereocenters. The van der Waals surface area contributed by atoms with E-state index in [4.69, 9.17) is 0 Å². The van der Waals surface area contributed by atoms with Crippen molar-refractivity contribution in [2.75, 3.05) is 18.0 Å². The van der Waals surface area contributed by atoms with Gasteiger partial charge in [0.25, 0.3) is 5.92 Å². The summed E-state index contributed by atoms with van der Waals surface area (Å²) < 4.78 is 76.8. The molecule has 1 aliphatic carbocycles. The topological polar surface area (TPSA) is 71.3 Å². The first-order chi connectivity index (χ1) is 17.3. The summed E-state index contributed by atoms with van der Waals surface area (Å²) in [6.07, 6.45) is 3.46. The molecule has 4 heterocycles. The molecule has 2 aromatic carbocycles. The molecule has 7 nitrogen and oxygen atoms in total. The number of fused-ring (bicyclic) bond motifs is 3. The quantitative estimate of drug-likeness (QED) is 0.530. The van der Waals surface area contributed by atoms with Crippen LogP contribution in [0.1, 0.15) is 40.8 Å². The number of benzene rings is 2. The molecule has 3 aliphatic heterocycles. The Hall–Kier alpha value is -2.92. The molecular formula is C25H24F3N5O2S. The maximum Gasteiger partial charge on any atom is 0.290 e. The van der Waals surface area contributed by atoms with Gasteiger partial charge in [-0.1, -0.05) is 30.3 Å². The predicted molar refractivity (Wildman–Crippen MR) is 125 cm³/mol. The van der Waals surface area contributed by atoms with E-state index >= 15 is 13.2 Å². The van der Waals surface area contributed by atoms with Crippen LogP contribution in [0.3, 0.4) is 0 Å². The minimum atomic E-state index is -4.10. The van der Waals surface area contributed by atoms with E-state index in [1.807, 2.05) is 9.47 Å². The smallest absolute Gasteiger partial charge is 0.290 e. The van der Waals surface area contributed by atoms with Crippen molar-refractivity contribution in [2.24, 2.45) is 11.8 Å². The van der Waals surface area contributed by atoms with Crippen molar-refractivity contribution in [2.45, 2.75) is 42.6 Å². The molecule has 2 saturated heterocycles. The summed E-state index contributed by atoms with van der Waals surface area (Å²) in [5.41, 5.74) is 0.375. The third-order valence-corrected chi connectivity index (χ3v) is 10.7. The monoisotopic (exact) mass is 515 g/mol. The van der Waals surface area contributed by atoms with Gasteiger partial charge in [-0.2, -0.15) is 13.1 Å². The molecule has 0 spiro atoms. The van der Waals surface area contributed by atoms with Crippen LogP contribution < -0.4 is 4.90 Å². The molecule has 1 aromatic heterocycles. The summed E-state index contributed by atoms with van der Waals surface area (Å²) in [6, 6.07) is 10.1. The lowest BCUT2D eigenvalue weighted by atomic mass is 9.87. The van der Waals surface area contributed by atoms with E-state index in [-0.39, 0.29) is 30.5 Å². The first-order valence-corrected chi connectivity index (χ1v) is 13.6. The van der Waals surface area contributed by atoms with Crippen LogP contribution in [0.5, 0.6) is 0 Å². The van der Waals surface area contributed by atoms with E-state index in [1.54, 1.807) is 43.0 Å². The average Bonchev–Trinajstić information content (AvgIpc) is 3.23. The molecule has 1 saturated carbocycles. The van der Waals surface area contributed by atoms with Gasteiger partial charge in [-0.3, -0.25) is 0 Å². The molecule has 3 aromatic rings. The number of rotatable bonds is 3. The van der Waals surface area contributed by atoms with Crippen molar-refractivity contribution in [1.82, 2.24) is 19.1 Å². The van der Waals surface area contributed by atoms with Gasteiger partial charge in [-0.05, 0) is 30.5 Å². The zero-order valence-corrected chi connectivity index (χ0v) is 20.0. The predicted octanol–water partition coefficient (Wildman–Crippen LogP) is 3.87. The van der Waals surface area contributed by atoms with Crippen LogP contribution in [-0.2, 0) is 22.5 Å². The Kier molecular flexibility index (Phi) is 4.67. The number of halogens is 3. The summed E-state index contributed by atoms with van der Waals surface area (Å²) in [6.45, 7) is 0.897. The maximum atomic E-state index is 15.9. The van der Waals surface area contributed by atoms with Gasteiger partial charge in [0.05, 0.1) is 6.04 Å². The number of sulfonamides is 1. The zero-order valence-electron chi connectivity index (χ0n) is 19.2. The highest BCUT2D eigenvalue weighted by atomic mass is 32.2. The number of aromatic nitrogens is 3. The summed E-state index contributed by atoms with van der Waals surface area (Å²) in [5.74, 6) is -3.59. The van der Waals surface area contributed by atoms with E-state index in [9.17, 15) is 8.42 Å². The highest BCUT2D eigenvalue weighted by molar-refractivity contribution is 7.89. The minimum Gasteiger partial charge on any atom is -0.371 e. The molecular weight excluding hydrogens is 491 g/mol. The Morgan fingerprint density at radius 1 is 0.972 bits per heavy atom. The molecule has 11 heteroatoms. The summed E-state index contributed by atoms with van der Waals surface area (Å²) in [5, 5.41) is 6.78. The fraction of sp³-hybridized carbons (Fsp3) is 0.440. The molecule has 4 aliphatic rings. The lowest BCUT2D eigenvalue weighted by molar-refractivity contribution is -0.0871. The summed E-state index contributed by atoms with van der Waals surface area (Å²) >= 11 is 0.